The van der Waals surface area contributed by atoms with Crippen molar-refractivity contribution >= 4 is 44.7 Å². The minimum absolute atomic E-state index is 0.651. The third-order valence-electron chi connectivity index (χ3n) is 3.65. The van der Waals surface area contributed by atoms with Crippen molar-refractivity contribution in [1.82, 2.24) is 24.7 Å². The van der Waals surface area contributed by atoms with E-state index in [0.29, 0.717) is 6.54 Å². The van der Waals surface area contributed by atoms with E-state index in [0.717, 1.165) is 36.9 Å². The molecule has 126 valence electrons. The predicted molar refractivity (Wildman–Crippen MR) is 105 cm³/mol. The quantitative estimate of drug-likeness (QED) is 0.359. The van der Waals surface area contributed by atoms with E-state index in [4.69, 9.17) is 0 Å². The van der Waals surface area contributed by atoms with Gasteiger partial charge in [0.25, 0.3) is 0 Å². The summed E-state index contributed by atoms with van der Waals surface area (Å²) >= 11 is 4.84. The highest BCUT2D eigenvalue weighted by molar-refractivity contribution is 7.99. The second-order valence-electron chi connectivity index (χ2n) is 5.46. The highest BCUT2D eigenvalue weighted by Gasteiger charge is 2.18. The lowest BCUT2D eigenvalue weighted by Crippen LogP contribution is -2.00. The molecule has 0 N–H and O–H groups in total. The molecule has 4 aromatic heterocycles. The molecule has 4 aromatic rings. The average molecular weight is 386 g/mol. The van der Waals surface area contributed by atoms with E-state index in [1.54, 1.807) is 22.7 Å². The van der Waals surface area contributed by atoms with E-state index in [9.17, 15) is 0 Å². The molecule has 0 amide bonds. The number of hydrogen-bond acceptors (Lipinski definition) is 7. The average Bonchev–Trinajstić information content (AvgIpc) is 3.30. The van der Waals surface area contributed by atoms with Gasteiger partial charge in [-0.2, -0.15) is 0 Å². The fourth-order valence-electron chi connectivity index (χ4n) is 2.55. The van der Waals surface area contributed by atoms with E-state index >= 15 is 0 Å². The molecule has 0 spiro atoms. The lowest BCUT2D eigenvalue weighted by atomic mass is 10.3. The molecule has 4 rings (SSSR count). The van der Waals surface area contributed by atoms with Crippen LogP contribution >= 0.6 is 34.4 Å². The molecule has 25 heavy (non-hydrogen) atoms. The molecule has 0 aliphatic heterocycles. The molecular weight excluding hydrogens is 370 g/mol. The van der Waals surface area contributed by atoms with E-state index in [-0.39, 0.29) is 0 Å². The Bertz CT molecular complexity index is 1050. The zero-order valence-electron chi connectivity index (χ0n) is 13.8. The van der Waals surface area contributed by atoms with Gasteiger partial charge in [-0.15, -0.1) is 39.4 Å². The van der Waals surface area contributed by atoms with Crippen LogP contribution in [-0.2, 0) is 6.54 Å². The molecule has 0 unspecified atom stereocenters. The number of aryl methyl sites for hydroxylation is 2. The van der Waals surface area contributed by atoms with Crippen LogP contribution in [0.3, 0.4) is 0 Å². The Morgan fingerprint density at radius 3 is 2.88 bits per heavy atom. The summed E-state index contributed by atoms with van der Waals surface area (Å²) in [6.45, 7) is 8.53. The molecule has 0 aliphatic rings. The van der Waals surface area contributed by atoms with E-state index in [2.05, 4.69) is 49.7 Å². The summed E-state index contributed by atoms with van der Waals surface area (Å²) in [6.07, 6.45) is 1.86. The second-order valence-corrected chi connectivity index (χ2v) is 8.22. The maximum atomic E-state index is 4.66. The summed E-state index contributed by atoms with van der Waals surface area (Å²) in [5.41, 5.74) is 1.19. The highest BCUT2D eigenvalue weighted by atomic mass is 32.2. The topological polar surface area (TPSA) is 56.5 Å². The summed E-state index contributed by atoms with van der Waals surface area (Å²) in [6, 6.07) is 4.07. The normalized spacial score (nSPS) is 11.3. The van der Waals surface area contributed by atoms with Crippen molar-refractivity contribution in [3.63, 3.8) is 0 Å². The van der Waals surface area contributed by atoms with Crippen LogP contribution in [0.1, 0.15) is 11.4 Å². The fraction of sp³-hybridized carbons (Fsp3) is 0.176. The molecule has 0 saturated heterocycles. The van der Waals surface area contributed by atoms with Crippen molar-refractivity contribution in [2.24, 2.45) is 0 Å². The van der Waals surface area contributed by atoms with Crippen LogP contribution in [-0.4, -0.2) is 24.7 Å². The summed E-state index contributed by atoms with van der Waals surface area (Å²) in [7, 11) is 0. The Morgan fingerprint density at radius 1 is 1.24 bits per heavy atom. The van der Waals surface area contributed by atoms with Gasteiger partial charge < -0.3 is 0 Å². The van der Waals surface area contributed by atoms with Gasteiger partial charge in [-0.1, -0.05) is 12.1 Å². The molecular formula is C17H15N5S3. The van der Waals surface area contributed by atoms with E-state index in [1.165, 1.54) is 17.3 Å². The number of hydrogen-bond donors (Lipinski definition) is 0. The Kier molecular flexibility index (Phi) is 4.41. The molecule has 5 nitrogen and oxygen atoms in total. The summed E-state index contributed by atoms with van der Waals surface area (Å²) in [4.78, 5) is 11.3. The Hall–Kier alpha value is -2.03. The predicted octanol–water partition coefficient (Wildman–Crippen LogP) is 4.97. The van der Waals surface area contributed by atoms with Gasteiger partial charge in [0.1, 0.15) is 15.7 Å². The molecule has 0 aliphatic carbocycles. The number of allylic oxidation sites excluding steroid dienone is 1. The van der Waals surface area contributed by atoms with Crippen LogP contribution in [0.4, 0.5) is 0 Å². The lowest BCUT2D eigenvalue weighted by molar-refractivity contribution is 0.731. The van der Waals surface area contributed by atoms with Crippen molar-refractivity contribution < 1.29 is 0 Å². The maximum Gasteiger partial charge on any atom is 0.198 e. The molecule has 4 heterocycles. The summed E-state index contributed by atoms with van der Waals surface area (Å²) in [5, 5.41) is 15.8. The van der Waals surface area contributed by atoms with Gasteiger partial charge in [0.2, 0.25) is 0 Å². The molecule has 0 saturated carbocycles. The zero-order valence-corrected chi connectivity index (χ0v) is 16.2. The SMILES string of the molecule is C=CCn1c(Sc2nc(C)nc3scc(C)c23)nnc1-c1cccs1. The zero-order chi connectivity index (χ0) is 17.4. The van der Waals surface area contributed by atoms with Crippen LogP contribution in [0.25, 0.3) is 20.9 Å². The van der Waals surface area contributed by atoms with Crippen LogP contribution in [0.5, 0.6) is 0 Å². The highest BCUT2D eigenvalue weighted by Crippen LogP contribution is 2.36. The standard InChI is InChI=1S/C17H15N5S3/c1-4-7-22-14(12-6-5-8-23-12)20-21-17(22)25-16-13-10(2)9-24-15(13)18-11(3)19-16/h4-6,8-9H,1,7H2,2-3H3. The van der Waals surface area contributed by atoms with Crippen molar-refractivity contribution in [2.75, 3.05) is 0 Å². The molecule has 0 fully saturated rings. The van der Waals surface area contributed by atoms with Gasteiger partial charge in [0.05, 0.1) is 4.88 Å². The number of nitrogens with zero attached hydrogens (tertiary/aromatic N) is 5. The van der Waals surface area contributed by atoms with Crippen LogP contribution in [0.2, 0.25) is 0 Å². The van der Waals surface area contributed by atoms with Crippen molar-refractivity contribution in [2.45, 2.75) is 30.6 Å². The van der Waals surface area contributed by atoms with Crippen LogP contribution in [0, 0.1) is 13.8 Å². The first-order valence-electron chi connectivity index (χ1n) is 7.65. The van der Waals surface area contributed by atoms with E-state index < -0.39 is 0 Å². The minimum Gasteiger partial charge on any atom is -0.297 e. The third-order valence-corrected chi connectivity index (χ3v) is 6.48. The Balaban J connectivity index is 1.82. The molecule has 0 aromatic carbocycles. The Morgan fingerprint density at radius 2 is 2.12 bits per heavy atom. The molecule has 0 radical (unpaired) electrons. The van der Waals surface area contributed by atoms with Gasteiger partial charge in [0.15, 0.2) is 11.0 Å². The summed E-state index contributed by atoms with van der Waals surface area (Å²) < 4.78 is 2.08. The van der Waals surface area contributed by atoms with Crippen molar-refractivity contribution in [3.05, 3.63) is 46.9 Å². The Labute approximate surface area is 157 Å². The van der Waals surface area contributed by atoms with Crippen molar-refractivity contribution in [3.8, 4) is 10.7 Å². The van der Waals surface area contributed by atoms with Crippen LogP contribution < -0.4 is 0 Å². The molecule has 0 atom stereocenters. The largest absolute Gasteiger partial charge is 0.297 e. The maximum absolute atomic E-state index is 4.66. The smallest absolute Gasteiger partial charge is 0.198 e. The minimum atomic E-state index is 0.651. The number of aromatic nitrogens is 5. The van der Waals surface area contributed by atoms with Gasteiger partial charge >= 0.3 is 0 Å². The number of thiophene rings is 2. The third kappa shape index (κ3) is 3.01. The van der Waals surface area contributed by atoms with Crippen LogP contribution in [0.15, 0.2) is 45.7 Å². The summed E-state index contributed by atoms with van der Waals surface area (Å²) in [5.74, 6) is 1.63. The monoisotopic (exact) mass is 385 g/mol. The van der Waals surface area contributed by atoms with Gasteiger partial charge in [-0.3, -0.25) is 4.57 Å². The van der Waals surface area contributed by atoms with Crippen molar-refractivity contribution in [1.29, 1.82) is 0 Å². The van der Waals surface area contributed by atoms with E-state index in [1.807, 2.05) is 24.4 Å². The number of fused-ring (bicyclic) bond motifs is 1. The molecule has 0 bridgehead atoms. The first-order valence-corrected chi connectivity index (χ1v) is 10.2. The van der Waals surface area contributed by atoms with Gasteiger partial charge in [0, 0.05) is 11.9 Å². The first kappa shape index (κ1) is 16.4. The van der Waals surface area contributed by atoms with Gasteiger partial charge in [-0.25, -0.2) is 9.97 Å². The lowest BCUT2D eigenvalue weighted by Gasteiger charge is -2.07. The second kappa shape index (κ2) is 6.70. The number of rotatable bonds is 5. The van der Waals surface area contributed by atoms with Gasteiger partial charge in [-0.05, 0) is 48.0 Å². The fourth-order valence-corrected chi connectivity index (χ4v) is 5.37. The first-order chi connectivity index (χ1) is 12.2. The molecule has 8 heteroatoms.